The minimum Gasteiger partial charge on any atom is -0.486 e. The van der Waals surface area contributed by atoms with Crippen LogP contribution in [-0.4, -0.2) is 13.2 Å². The summed E-state index contributed by atoms with van der Waals surface area (Å²) in [6.07, 6.45) is 0. The molecule has 1 unspecified atom stereocenters. The number of rotatable bonds is 2. The lowest BCUT2D eigenvalue weighted by Crippen LogP contribution is -2.18. The Morgan fingerprint density at radius 3 is 2.19 bits per heavy atom. The fourth-order valence-corrected chi connectivity index (χ4v) is 2.27. The van der Waals surface area contributed by atoms with Crippen molar-refractivity contribution in [2.45, 2.75) is 6.04 Å². The van der Waals surface area contributed by atoms with Gasteiger partial charge in [0, 0.05) is 17.7 Å². The molecule has 0 aliphatic carbocycles. The van der Waals surface area contributed by atoms with Gasteiger partial charge in [0.25, 0.3) is 0 Å². The molecule has 0 aromatic heterocycles. The molecular formula is C15H12F3NO2. The average Bonchev–Trinajstić information content (AvgIpc) is 2.45. The molecular weight excluding hydrogens is 283 g/mol. The third kappa shape index (κ3) is 2.54. The van der Waals surface area contributed by atoms with Crippen molar-refractivity contribution in [3.05, 3.63) is 58.9 Å². The highest BCUT2D eigenvalue weighted by atomic mass is 19.1. The van der Waals surface area contributed by atoms with E-state index in [1.54, 1.807) is 18.2 Å². The van der Waals surface area contributed by atoms with Gasteiger partial charge in [-0.05, 0) is 17.7 Å². The molecule has 0 saturated heterocycles. The standard InChI is InChI=1S/C15H12F3NO2/c16-9-6-10(17)14(11(18)7-9)15(19)8-1-2-12-13(5-8)21-4-3-20-12/h1-2,5-7,15H,3-4,19H2. The Morgan fingerprint density at radius 2 is 1.52 bits per heavy atom. The molecule has 0 bridgehead atoms. The molecule has 2 N–H and O–H groups in total. The van der Waals surface area contributed by atoms with Crippen LogP contribution in [0, 0.1) is 17.5 Å². The predicted molar refractivity (Wildman–Crippen MR) is 69.8 cm³/mol. The van der Waals surface area contributed by atoms with Crippen molar-refractivity contribution in [1.82, 2.24) is 0 Å². The Bertz CT molecular complexity index is 668. The summed E-state index contributed by atoms with van der Waals surface area (Å²) in [4.78, 5) is 0. The summed E-state index contributed by atoms with van der Waals surface area (Å²) in [6.45, 7) is 0.838. The van der Waals surface area contributed by atoms with Crippen molar-refractivity contribution in [3.63, 3.8) is 0 Å². The SMILES string of the molecule is NC(c1ccc2c(c1)OCCO2)c1c(F)cc(F)cc1F. The van der Waals surface area contributed by atoms with Gasteiger partial charge < -0.3 is 15.2 Å². The van der Waals surface area contributed by atoms with E-state index in [2.05, 4.69) is 0 Å². The zero-order chi connectivity index (χ0) is 15.0. The fraction of sp³-hybridized carbons (Fsp3) is 0.200. The van der Waals surface area contributed by atoms with Gasteiger partial charge in [-0.2, -0.15) is 0 Å². The first kappa shape index (κ1) is 13.8. The van der Waals surface area contributed by atoms with Crippen molar-refractivity contribution < 1.29 is 22.6 Å². The van der Waals surface area contributed by atoms with E-state index in [4.69, 9.17) is 15.2 Å². The van der Waals surface area contributed by atoms with E-state index >= 15 is 0 Å². The van der Waals surface area contributed by atoms with Crippen molar-refractivity contribution in [1.29, 1.82) is 0 Å². The largest absolute Gasteiger partial charge is 0.486 e. The molecule has 110 valence electrons. The lowest BCUT2D eigenvalue weighted by Gasteiger charge is -2.21. The number of benzene rings is 2. The average molecular weight is 295 g/mol. The number of ether oxygens (including phenoxy) is 2. The molecule has 2 aromatic rings. The molecule has 1 aliphatic heterocycles. The zero-order valence-corrected chi connectivity index (χ0v) is 10.9. The Labute approximate surface area is 119 Å². The normalized spacial score (nSPS) is 14.9. The highest BCUT2D eigenvalue weighted by molar-refractivity contribution is 5.46. The molecule has 0 radical (unpaired) electrons. The number of halogens is 3. The summed E-state index contributed by atoms with van der Waals surface area (Å²) < 4.78 is 51.2. The molecule has 0 spiro atoms. The van der Waals surface area contributed by atoms with E-state index in [9.17, 15) is 13.2 Å². The Hall–Kier alpha value is -2.21. The van der Waals surface area contributed by atoms with Gasteiger partial charge in [-0.15, -0.1) is 0 Å². The molecule has 0 fully saturated rings. The van der Waals surface area contributed by atoms with Gasteiger partial charge in [-0.25, -0.2) is 13.2 Å². The van der Waals surface area contributed by atoms with E-state index in [1.807, 2.05) is 0 Å². The number of nitrogens with two attached hydrogens (primary N) is 1. The maximum atomic E-state index is 13.8. The second-order valence-corrected chi connectivity index (χ2v) is 4.66. The Kier molecular flexibility index (Phi) is 3.47. The topological polar surface area (TPSA) is 44.5 Å². The van der Waals surface area contributed by atoms with E-state index in [1.165, 1.54) is 0 Å². The molecule has 3 rings (SSSR count). The molecule has 3 nitrogen and oxygen atoms in total. The molecule has 21 heavy (non-hydrogen) atoms. The van der Waals surface area contributed by atoms with Crippen molar-refractivity contribution in [2.24, 2.45) is 5.73 Å². The van der Waals surface area contributed by atoms with E-state index in [-0.39, 0.29) is 5.56 Å². The van der Waals surface area contributed by atoms with E-state index in [0.29, 0.717) is 42.4 Å². The maximum Gasteiger partial charge on any atom is 0.161 e. The van der Waals surface area contributed by atoms with Gasteiger partial charge in [0.1, 0.15) is 30.7 Å². The molecule has 1 heterocycles. The summed E-state index contributed by atoms with van der Waals surface area (Å²) in [5, 5.41) is 0. The van der Waals surface area contributed by atoms with Crippen LogP contribution in [0.4, 0.5) is 13.2 Å². The van der Waals surface area contributed by atoms with Crippen LogP contribution in [-0.2, 0) is 0 Å². The summed E-state index contributed by atoms with van der Waals surface area (Å²) >= 11 is 0. The van der Waals surface area contributed by atoms with Crippen molar-refractivity contribution >= 4 is 0 Å². The second kappa shape index (κ2) is 5.29. The molecule has 0 saturated carbocycles. The number of fused-ring (bicyclic) bond motifs is 1. The second-order valence-electron chi connectivity index (χ2n) is 4.66. The highest BCUT2D eigenvalue weighted by Gasteiger charge is 2.22. The quantitative estimate of drug-likeness (QED) is 0.926. The van der Waals surface area contributed by atoms with Crippen molar-refractivity contribution in [3.8, 4) is 11.5 Å². The Morgan fingerprint density at radius 1 is 0.905 bits per heavy atom. The van der Waals surface area contributed by atoms with Gasteiger partial charge in [0.15, 0.2) is 11.5 Å². The summed E-state index contributed by atoms with van der Waals surface area (Å²) in [5.41, 5.74) is 5.97. The molecule has 1 aliphatic rings. The minimum atomic E-state index is -1.07. The van der Waals surface area contributed by atoms with Gasteiger partial charge in [-0.1, -0.05) is 6.07 Å². The summed E-state index contributed by atoms with van der Waals surface area (Å²) in [5.74, 6) is -2.00. The lowest BCUT2D eigenvalue weighted by atomic mass is 9.98. The van der Waals surface area contributed by atoms with E-state index < -0.39 is 23.5 Å². The van der Waals surface area contributed by atoms with Gasteiger partial charge in [0.05, 0.1) is 6.04 Å². The monoisotopic (exact) mass is 295 g/mol. The highest BCUT2D eigenvalue weighted by Crippen LogP contribution is 2.34. The molecule has 0 amide bonds. The molecule has 2 aromatic carbocycles. The number of hydrogen-bond acceptors (Lipinski definition) is 3. The van der Waals surface area contributed by atoms with Crippen LogP contribution >= 0.6 is 0 Å². The van der Waals surface area contributed by atoms with Crippen LogP contribution in [0.3, 0.4) is 0 Å². The van der Waals surface area contributed by atoms with Gasteiger partial charge in [-0.3, -0.25) is 0 Å². The van der Waals surface area contributed by atoms with E-state index in [0.717, 1.165) is 0 Å². The van der Waals surface area contributed by atoms with Crippen LogP contribution in [0.2, 0.25) is 0 Å². The predicted octanol–water partition coefficient (Wildman–Crippen LogP) is 2.92. The smallest absolute Gasteiger partial charge is 0.161 e. The van der Waals surface area contributed by atoms with Gasteiger partial charge >= 0.3 is 0 Å². The fourth-order valence-electron chi connectivity index (χ4n) is 2.27. The van der Waals surface area contributed by atoms with Crippen molar-refractivity contribution in [2.75, 3.05) is 13.2 Å². The van der Waals surface area contributed by atoms with Crippen LogP contribution in [0.5, 0.6) is 11.5 Å². The van der Waals surface area contributed by atoms with Crippen LogP contribution in [0.1, 0.15) is 17.2 Å². The van der Waals surface area contributed by atoms with Gasteiger partial charge in [0.2, 0.25) is 0 Å². The first-order valence-electron chi connectivity index (χ1n) is 6.36. The summed E-state index contributed by atoms with van der Waals surface area (Å²) in [6, 6.07) is 4.94. The minimum absolute atomic E-state index is 0.381. The Balaban J connectivity index is 2.01. The first-order valence-corrected chi connectivity index (χ1v) is 6.36. The maximum absolute atomic E-state index is 13.8. The summed E-state index contributed by atoms with van der Waals surface area (Å²) in [7, 11) is 0. The third-order valence-electron chi connectivity index (χ3n) is 3.28. The molecule has 1 atom stereocenters. The van der Waals surface area contributed by atoms with Crippen LogP contribution in [0.25, 0.3) is 0 Å². The molecule has 6 heteroatoms. The third-order valence-corrected chi connectivity index (χ3v) is 3.28. The zero-order valence-electron chi connectivity index (χ0n) is 10.9. The van der Waals surface area contributed by atoms with Crippen LogP contribution in [0.15, 0.2) is 30.3 Å². The number of hydrogen-bond donors (Lipinski definition) is 1. The lowest BCUT2D eigenvalue weighted by molar-refractivity contribution is 0.171. The first-order chi connectivity index (χ1) is 10.1. The van der Waals surface area contributed by atoms with Crippen LogP contribution < -0.4 is 15.2 Å².